The van der Waals surface area contributed by atoms with Crippen LogP contribution in [-0.2, 0) is 70.2 Å². The normalized spacial score (nSPS) is 9.24. The van der Waals surface area contributed by atoms with Gasteiger partial charge in [0, 0.05) is 78.6 Å². The van der Waals surface area contributed by atoms with Gasteiger partial charge in [0.25, 0.3) is 0 Å². The second kappa shape index (κ2) is 17.3. The number of benzene rings is 4. The van der Waals surface area contributed by atoms with Crippen LogP contribution in [-0.4, -0.2) is 29.9 Å². The molecule has 0 amide bonds. The summed E-state index contributed by atoms with van der Waals surface area (Å²) < 4.78 is 10.0. The first kappa shape index (κ1) is 31.8. The van der Waals surface area contributed by atoms with Crippen molar-refractivity contribution in [3.63, 3.8) is 0 Å². The minimum absolute atomic E-state index is 0. The number of hydrogen-bond acceptors (Lipinski definition) is 5. The molecule has 4 aromatic rings. The van der Waals surface area contributed by atoms with Crippen LogP contribution in [0.25, 0.3) is 32.7 Å². The van der Waals surface area contributed by atoms with Gasteiger partial charge in [0.1, 0.15) is 0 Å². The molecule has 0 fully saturated rings. The van der Waals surface area contributed by atoms with Crippen molar-refractivity contribution in [3.8, 4) is 22.6 Å². The van der Waals surface area contributed by atoms with E-state index in [1.54, 1.807) is 19.9 Å². The van der Waals surface area contributed by atoms with Gasteiger partial charge in [-0.1, -0.05) is 54.6 Å². The van der Waals surface area contributed by atoms with Gasteiger partial charge in [0.2, 0.25) is 0 Å². The minimum atomic E-state index is 0. The predicted molar refractivity (Wildman–Crippen MR) is 125 cm³/mol. The second-order valence-corrected chi connectivity index (χ2v) is 6.34. The summed E-state index contributed by atoms with van der Waals surface area (Å²) in [5.74, 6) is 1.18. The van der Waals surface area contributed by atoms with E-state index < -0.39 is 0 Å². The molecule has 0 unspecified atom stereocenters. The third-order valence-corrected chi connectivity index (χ3v) is 4.32. The molecule has 4 rings (SSSR count). The van der Waals surface area contributed by atoms with Crippen molar-refractivity contribution in [1.29, 1.82) is 0 Å². The molecule has 0 aliphatic rings. The summed E-state index contributed by atoms with van der Waals surface area (Å²) in [5.41, 5.74) is 2.13. The third-order valence-electron chi connectivity index (χ3n) is 4.32. The van der Waals surface area contributed by atoms with Crippen molar-refractivity contribution in [2.24, 2.45) is 0 Å². The average Bonchev–Trinajstić information content (AvgIpc) is 2.79. The van der Waals surface area contributed by atoms with Crippen LogP contribution in [0.2, 0.25) is 0 Å². The second-order valence-electron chi connectivity index (χ2n) is 6.34. The summed E-state index contributed by atoms with van der Waals surface area (Å²) in [6, 6.07) is 23.7. The molecule has 0 saturated carbocycles. The van der Waals surface area contributed by atoms with Crippen molar-refractivity contribution in [3.05, 3.63) is 79.9 Å². The van der Waals surface area contributed by atoms with Gasteiger partial charge in [0.05, 0.1) is 5.75 Å². The zero-order valence-corrected chi connectivity index (χ0v) is 24.5. The molecule has 7 heteroatoms. The molecule has 0 spiro atoms. The Balaban J connectivity index is 0.00000116. The average molecular weight is 596 g/mol. The van der Waals surface area contributed by atoms with E-state index in [-0.39, 0.29) is 78.6 Å². The SMILES string of the molecule is CCO.CCO.[CH2-]Oc1ccc2cccc(-c3cccc4ccc(O[C-]=O)cc34)c2c1.[Y].[Y]. The van der Waals surface area contributed by atoms with Crippen LogP contribution >= 0.6 is 0 Å². The largest absolute Gasteiger partial charge is 0.665 e. The van der Waals surface area contributed by atoms with Crippen molar-refractivity contribution in [1.82, 2.24) is 0 Å². The molecule has 2 N–H and O–H groups in total. The Morgan fingerprint density at radius 3 is 1.61 bits per heavy atom. The molecule has 0 bridgehead atoms. The van der Waals surface area contributed by atoms with Crippen LogP contribution in [0, 0.1) is 7.11 Å². The molecule has 0 saturated heterocycles. The number of ether oxygens (including phenoxy) is 2. The van der Waals surface area contributed by atoms with Crippen LogP contribution < -0.4 is 9.47 Å². The van der Waals surface area contributed by atoms with Gasteiger partial charge < -0.3 is 24.5 Å². The zero-order valence-electron chi connectivity index (χ0n) is 18.8. The smallest absolute Gasteiger partial charge is 0.170 e. The van der Waals surface area contributed by atoms with Crippen molar-refractivity contribution >= 4 is 28.0 Å². The maximum Gasteiger partial charge on any atom is 0.170 e. The number of rotatable bonds is 4. The van der Waals surface area contributed by atoms with Crippen LogP contribution in [0.15, 0.2) is 72.8 Å². The minimum Gasteiger partial charge on any atom is -0.665 e. The maximum absolute atomic E-state index is 10.5. The summed E-state index contributed by atoms with van der Waals surface area (Å²) in [4.78, 5) is 10.5. The van der Waals surface area contributed by atoms with Crippen LogP contribution in [0.4, 0.5) is 0 Å². The van der Waals surface area contributed by atoms with Gasteiger partial charge in [-0.2, -0.15) is 7.11 Å². The third kappa shape index (κ3) is 8.82. The van der Waals surface area contributed by atoms with Gasteiger partial charge in [-0.15, -0.1) is 6.07 Å². The quantitative estimate of drug-likeness (QED) is 0.314. The van der Waals surface area contributed by atoms with E-state index in [0.29, 0.717) is 11.5 Å². The Kier molecular flexibility index (Phi) is 16.6. The number of fused-ring (bicyclic) bond motifs is 2. The Morgan fingerprint density at radius 1 is 0.758 bits per heavy atom. The van der Waals surface area contributed by atoms with E-state index in [1.165, 1.54) is 6.47 Å². The van der Waals surface area contributed by atoms with E-state index in [4.69, 9.17) is 19.7 Å². The summed E-state index contributed by atoms with van der Waals surface area (Å²) in [6.07, 6.45) is 0. The van der Waals surface area contributed by atoms with Gasteiger partial charge in [0.15, 0.2) is 6.47 Å². The van der Waals surface area contributed by atoms with Crippen LogP contribution in [0.5, 0.6) is 11.5 Å². The first-order valence-electron chi connectivity index (χ1n) is 9.87. The molecule has 0 aliphatic heterocycles. The summed E-state index contributed by atoms with van der Waals surface area (Å²) in [5, 5.41) is 19.4. The van der Waals surface area contributed by atoms with Gasteiger partial charge >= 0.3 is 0 Å². The van der Waals surface area contributed by atoms with Crippen LogP contribution in [0.1, 0.15) is 13.8 Å². The van der Waals surface area contributed by atoms with Crippen molar-refractivity contribution in [2.45, 2.75) is 13.8 Å². The molecule has 2 radical (unpaired) electrons. The number of aliphatic hydroxyl groups excluding tert-OH is 2. The Labute approximate surface area is 245 Å². The summed E-state index contributed by atoms with van der Waals surface area (Å²) in [6.45, 7) is 5.34. The fraction of sp³-hybridized carbons (Fsp3) is 0.154. The van der Waals surface area contributed by atoms with Gasteiger partial charge in [-0.25, -0.2) is 0 Å². The molecule has 4 aromatic carbocycles. The topological polar surface area (TPSA) is 76.0 Å². The Morgan fingerprint density at radius 2 is 1.18 bits per heavy atom. The first-order chi connectivity index (χ1) is 15.1. The molecule has 0 aliphatic carbocycles. The molecule has 0 atom stereocenters. The maximum atomic E-state index is 10.5. The Bertz CT molecular complexity index is 1130. The Hall–Kier alpha value is -1.20. The fourth-order valence-electron chi connectivity index (χ4n) is 3.17. The standard InChI is InChI=1S/C22H14O3.2C2H6O.2Y/c1-24-17-10-8-15-4-2-6-19(21(15)12-17)20-7-3-5-16-9-11-18(25-14-23)13-22(16)20;2*1-2-3;;/h2-13H,1H2;2*3H,2H2,1H3;;/q-2;;;;. The van der Waals surface area contributed by atoms with Crippen LogP contribution in [0.3, 0.4) is 0 Å². The molecule has 168 valence electrons. The van der Waals surface area contributed by atoms with Crippen molar-refractivity contribution < 1.29 is 89.9 Å². The fourth-order valence-corrected chi connectivity index (χ4v) is 3.17. The molecule has 5 nitrogen and oxygen atoms in total. The van der Waals surface area contributed by atoms with E-state index in [1.807, 2.05) is 48.5 Å². The predicted octanol–water partition coefficient (Wildman–Crippen LogP) is 5.27. The van der Waals surface area contributed by atoms with E-state index in [2.05, 4.69) is 25.3 Å². The molecular weight excluding hydrogens is 570 g/mol. The number of aliphatic hydroxyl groups is 2. The summed E-state index contributed by atoms with van der Waals surface area (Å²) >= 11 is 0. The number of carbonyl (C=O) groups excluding carboxylic acids is 1. The molecule has 0 heterocycles. The van der Waals surface area contributed by atoms with Gasteiger partial charge in [-0.05, 0) is 64.4 Å². The van der Waals surface area contributed by atoms with E-state index in [9.17, 15) is 4.79 Å². The summed E-state index contributed by atoms with van der Waals surface area (Å²) in [7, 11) is 3.49. The number of hydrogen-bond donors (Lipinski definition) is 2. The molecular formula is C26H26O5Y2-2. The van der Waals surface area contributed by atoms with E-state index in [0.717, 1.165) is 32.7 Å². The molecule has 0 aromatic heterocycles. The molecule has 33 heavy (non-hydrogen) atoms. The van der Waals surface area contributed by atoms with E-state index >= 15 is 0 Å². The zero-order chi connectivity index (χ0) is 22.6. The van der Waals surface area contributed by atoms with Crippen molar-refractivity contribution in [2.75, 3.05) is 13.2 Å². The van der Waals surface area contributed by atoms with Gasteiger partial charge in [-0.3, -0.25) is 0 Å². The monoisotopic (exact) mass is 596 g/mol. The first-order valence-corrected chi connectivity index (χ1v) is 9.87.